The molecule has 1 amide bonds. The van der Waals surface area contributed by atoms with Crippen molar-refractivity contribution in [2.45, 2.75) is 39.3 Å². The molecule has 1 heterocycles. The van der Waals surface area contributed by atoms with Crippen LogP contribution in [0, 0.1) is 5.82 Å². The zero-order valence-corrected chi connectivity index (χ0v) is 13.2. The van der Waals surface area contributed by atoms with Gasteiger partial charge in [-0.2, -0.15) is 5.10 Å². The van der Waals surface area contributed by atoms with Crippen molar-refractivity contribution < 1.29 is 9.18 Å². The summed E-state index contributed by atoms with van der Waals surface area (Å²) >= 11 is 0. The first-order chi connectivity index (χ1) is 10.3. The lowest BCUT2D eigenvalue weighted by Crippen LogP contribution is -2.47. The highest BCUT2D eigenvalue weighted by molar-refractivity contribution is 5.84. The third-order valence-corrected chi connectivity index (χ3v) is 2.96. The molecule has 0 saturated carbocycles. The number of amides is 1. The van der Waals surface area contributed by atoms with Crippen LogP contribution in [0.15, 0.2) is 36.7 Å². The number of para-hydroxylation sites is 1. The van der Waals surface area contributed by atoms with Gasteiger partial charge < -0.3 is 10.6 Å². The van der Waals surface area contributed by atoms with Gasteiger partial charge in [0.05, 0.1) is 18.1 Å². The normalized spacial score (nSPS) is 12.8. The van der Waals surface area contributed by atoms with E-state index in [-0.39, 0.29) is 17.3 Å². The van der Waals surface area contributed by atoms with E-state index >= 15 is 0 Å². The molecule has 0 aliphatic rings. The first-order valence-electron chi connectivity index (χ1n) is 7.14. The highest BCUT2D eigenvalue weighted by Crippen LogP contribution is 2.15. The quantitative estimate of drug-likeness (QED) is 0.913. The maximum Gasteiger partial charge on any atom is 0.242 e. The fraction of sp³-hybridized carbons (Fsp3) is 0.375. The van der Waals surface area contributed by atoms with E-state index in [1.807, 2.05) is 20.8 Å². The predicted molar refractivity (Wildman–Crippen MR) is 84.5 cm³/mol. The molecule has 0 fully saturated rings. The second kappa shape index (κ2) is 6.17. The fourth-order valence-electron chi connectivity index (χ4n) is 1.96. The van der Waals surface area contributed by atoms with Gasteiger partial charge in [0, 0.05) is 5.54 Å². The van der Waals surface area contributed by atoms with Crippen molar-refractivity contribution in [3.8, 4) is 5.69 Å². The standard InChI is InChI=1S/C16H21FN4O/c1-11(15(22)20-16(2,3)4)19-12-9-18-21(10-12)14-8-6-5-7-13(14)17/h5-11,19H,1-4H3,(H,20,22). The van der Waals surface area contributed by atoms with E-state index in [0.29, 0.717) is 11.4 Å². The van der Waals surface area contributed by atoms with Gasteiger partial charge in [-0.25, -0.2) is 9.07 Å². The Kier molecular flexibility index (Phi) is 4.49. The molecule has 118 valence electrons. The summed E-state index contributed by atoms with van der Waals surface area (Å²) in [7, 11) is 0. The highest BCUT2D eigenvalue weighted by Gasteiger charge is 2.19. The summed E-state index contributed by atoms with van der Waals surface area (Å²) in [5.74, 6) is -0.457. The minimum atomic E-state index is -0.419. The Morgan fingerprint density at radius 3 is 2.64 bits per heavy atom. The zero-order chi connectivity index (χ0) is 16.3. The topological polar surface area (TPSA) is 59.0 Å². The molecule has 0 spiro atoms. The van der Waals surface area contributed by atoms with E-state index in [0.717, 1.165) is 0 Å². The third kappa shape index (κ3) is 4.07. The second-order valence-electron chi connectivity index (χ2n) is 6.23. The first-order valence-corrected chi connectivity index (χ1v) is 7.14. The molecule has 0 saturated heterocycles. The van der Waals surface area contributed by atoms with Crippen molar-refractivity contribution in [2.24, 2.45) is 0 Å². The van der Waals surface area contributed by atoms with Crippen molar-refractivity contribution in [1.29, 1.82) is 0 Å². The molecule has 1 aromatic carbocycles. The minimum Gasteiger partial charge on any atom is -0.371 e. The lowest BCUT2D eigenvalue weighted by atomic mass is 10.1. The van der Waals surface area contributed by atoms with Crippen LogP contribution >= 0.6 is 0 Å². The van der Waals surface area contributed by atoms with Crippen molar-refractivity contribution in [1.82, 2.24) is 15.1 Å². The number of carbonyl (C=O) groups excluding carboxylic acids is 1. The summed E-state index contributed by atoms with van der Waals surface area (Å²) in [5.41, 5.74) is 0.729. The Morgan fingerprint density at radius 2 is 2.00 bits per heavy atom. The molecule has 2 N–H and O–H groups in total. The van der Waals surface area contributed by atoms with Crippen LogP contribution in [-0.2, 0) is 4.79 Å². The summed E-state index contributed by atoms with van der Waals surface area (Å²) in [5, 5.41) is 10.1. The van der Waals surface area contributed by atoms with Crippen LogP contribution in [0.3, 0.4) is 0 Å². The molecule has 5 nitrogen and oxygen atoms in total. The fourth-order valence-corrected chi connectivity index (χ4v) is 1.96. The number of anilines is 1. The van der Waals surface area contributed by atoms with Crippen molar-refractivity contribution in [2.75, 3.05) is 5.32 Å². The van der Waals surface area contributed by atoms with E-state index < -0.39 is 6.04 Å². The molecule has 1 aromatic heterocycles. The molecule has 0 bridgehead atoms. The van der Waals surface area contributed by atoms with Crippen LogP contribution in [0.2, 0.25) is 0 Å². The van der Waals surface area contributed by atoms with Gasteiger partial charge in [0.1, 0.15) is 17.5 Å². The number of benzene rings is 1. The van der Waals surface area contributed by atoms with E-state index in [1.54, 1.807) is 37.5 Å². The number of aromatic nitrogens is 2. The molecular formula is C16H21FN4O. The van der Waals surface area contributed by atoms with Gasteiger partial charge in [0.15, 0.2) is 0 Å². The first kappa shape index (κ1) is 16.0. The monoisotopic (exact) mass is 304 g/mol. The Bertz CT molecular complexity index is 660. The van der Waals surface area contributed by atoms with Crippen LogP contribution in [0.25, 0.3) is 5.69 Å². The Balaban J connectivity index is 2.06. The summed E-state index contributed by atoms with van der Waals surface area (Å²) in [6, 6.07) is 5.97. The van der Waals surface area contributed by atoms with Crippen LogP contribution < -0.4 is 10.6 Å². The van der Waals surface area contributed by atoms with Gasteiger partial charge in [-0.3, -0.25) is 4.79 Å². The van der Waals surface area contributed by atoms with Crippen LogP contribution in [0.4, 0.5) is 10.1 Å². The summed E-state index contributed by atoms with van der Waals surface area (Å²) in [4.78, 5) is 12.0. The Hall–Kier alpha value is -2.37. The van der Waals surface area contributed by atoms with E-state index in [1.165, 1.54) is 10.7 Å². The van der Waals surface area contributed by atoms with Crippen LogP contribution in [0.1, 0.15) is 27.7 Å². The Morgan fingerprint density at radius 1 is 1.32 bits per heavy atom. The van der Waals surface area contributed by atoms with E-state index in [4.69, 9.17) is 0 Å². The number of hydrogen-bond acceptors (Lipinski definition) is 3. The SMILES string of the molecule is CC(Nc1cnn(-c2ccccc2F)c1)C(=O)NC(C)(C)C. The third-order valence-electron chi connectivity index (χ3n) is 2.96. The largest absolute Gasteiger partial charge is 0.371 e. The highest BCUT2D eigenvalue weighted by atomic mass is 19.1. The number of nitrogens with one attached hydrogen (secondary N) is 2. The number of carbonyl (C=O) groups is 1. The Labute approximate surface area is 129 Å². The van der Waals surface area contributed by atoms with Crippen molar-refractivity contribution >= 4 is 11.6 Å². The lowest BCUT2D eigenvalue weighted by molar-refractivity contribution is -0.122. The number of hydrogen-bond donors (Lipinski definition) is 2. The zero-order valence-electron chi connectivity index (χ0n) is 13.2. The van der Waals surface area contributed by atoms with Gasteiger partial charge in [-0.1, -0.05) is 12.1 Å². The van der Waals surface area contributed by atoms with Gasteiger partial charge >= 0.3 is 0 Å². The molecule has 0 radical (unpaired) electrons. The average Bonchev–Trinajstić information content (AvgIpc) is 2.85. The maximum absolute atomic E-state index is 13.7. The van der Waals surface area contributed by atoms with Crippen molar-refractivity contribution in [3.63, 3.8) is 0 Å². The molecule has 1 atom stereocenters. The summed E-state index contributed by atoms with van der Waals surface area (Å²) in [6.45, 7) is 7.54. The van der Waals surface area contributed by atoms with Gasteiger partial charge in [0.25, 0.3) is 0 Å². The predicted octanol–water partition coefficient (Wildman–Crippen LogP) is 2.73. The molecule has 2 aromatic rings. The summed E-state index contributed by atoms with van der Waals surface area (Å²) < 4.78 is 15.2. The molecule has 0 aliphatic heterocycles. The van der Waals surface area contributed by atoms with Gasteiger partial charge in [0.2, 0.25) is 5.91 Å². The molecule has 22 heavy (non-hydrogen) atoms. The summed E-state index contributed by atoms with van der Waals surface area (Å²) in [6.07, 6.45) is 3.21. The van der Waals surface area contributed by atoms with Crippen LogP contribution in [-0.4, -0.2) is 27.3 Å². The van der Waals surface area contributed by atoms with Gasteiger partial charge in [-0.05, 0) is 39.8 Å². The molecule has 1 unspecified atom stereocenters. The van der Waals surface area contributed by atoms with E-state index in [9.17, 15) is 9.18 Å². The number of rotatable bonds is 4. The number of nitrogens with zero attached hydrogens (tertiary/aromatic N) is 2. The number of halogens is 1. The van der Waals surface area contributed by atoms with Crippen molar-refractivity contribution in [3.05, 3.63) is 42.5 Å². The van der Waals surface area contributed by atoms with Crippen LogP contribution in [0.5, 0.6) is 0 Å². The molecule has 6 heteroatoms. The molecule has 0 aliphatic carbocycles. The molecule has 2 rings (SSSR count). The minimum absolute atomic E-state index is 0.105. The average molecular weight is 304 g/mol. The second-order valence-corrected chi connectivity index (χ2v) is 6.23. The van der Waals surface area contributed by atoms with Gasteiger partial charge in [-0.15, -0.1) is 0 Å². The smallest absolute Gasteiger partial charge is 0.242 e. The van der Waals surface area contributed by atoms with E-state index in [2.05, 4.69) is 15.7 Å². The maximum atomic E-state index is 13.7. The molecular weight excluding hydrogens is 283 g/mol. The lowest BCUT2D eigenvalue weighted by Gasteiger charge is -2.23.